The maximum absolute atomic E-state index is 12.7. The predicted octanol–water partition coefficient (Wildman–Crippen LogP) is 22.2. The number of anilines is 1. The molecule has 714 valence electrons. The fraction of sp³-hybridized carbons (Fsp3) is 0.299. The summed E-state index contributed by atoms with van der Waals surface area (Å²) < 4.78 is 33.4. The Bertz CT molecular complexity index is 6490. The van der Waals surface area contributed by atoms with E-state index in [9.17, 15) is 19.2 Å². The van der Waals surface area contributed by atoms with Crippen molar-refractivity contribution in [2.75, 3.05) is 113 Å². The Morgan fingerprint density at radius 3 is 1.15 bits per heavy atom. The van der Waals surface area contributed by atoms with Crippen LogP contribution in [0.25, 0.3) is 55.7 Å². The lowest BCUT2D eigenvalue weighted by molar-refractivity contribution is -0.145. The number of benzene rings is 10. The number of nitrogens with one attached hydrogen (secondary N) is 2. The molecular formula is C107H109Br2Cl6N11O11. The Kier molecular flexibility index (Phi) is 36.9. The zero-order chi connectivity index (χ0) is 96.8. The van der Waals surface area contributed by atoms with Crippen LogP contribution in [0, 0.1) is 0 Å². The summed E-state index contributed by atoms with van der Waals surface area (Å²) in [4.78, 5) is 74.0. The Morgan fingerprint density at radius 1 is 0.401 bits per heavy atom. The van der Waals surface area contributed by atoms with E-state index in [1.54, 1.807) is 52.7 Å². The molecule has 13 aromatic rings. The van der Waals surface area contributed by atoms with E-state index in [-0.39, 0.29) is 30.7 Å². The third-order valence-corrected chi connectivity index (χ3v) is 28.0. The molecule has 0 spiro atoms. The summed E-state index contributed by atoms with van der Waals surface area (Å²) in [6.45, 7) is 16.5. The van der Waals surface area contributed by atoms with Crippen molar-refractivity contribution in [3.8, 4) is 67.5 Å². The molecular weight excluding hydrogens is 1990 g/mol. The highest BCUT2D eigenvalue weighted by molar-refractivity contribution is 9.10. The molecule has 10 aromatic carbocycles. The van der Waals surface area contributed by atoms with E-state index in [0.717, 1.165) is 187 Å². The second-order valence-electron chi connectivity index (χ2n) is 33.7. The Balaban J connectivity index is 0.000000134. The number of ketones is 1. The zero-order valence-corrected chi connectivity index (χ0v) is 84.9. The number of hydrogen-bond acceptors (Lipinski definition) is 20. The number of carboxylic acids is 1. The lowest BCUT2D eigenvalue weighted by Crippen LogP contribution is -2.35. The topological polar surface area (TPSA) is 253 Å². The van der Waals surface area contributed by atoms with Gasteiger partial charge in [-0.25, -0.2) is 15.0 Å². The van der Waals surface area contributed by atoms with Gasteiger partial charge in [0.15, 0.2) is 11.4 Å². The van der Waals surface area contributed by atoms with Gasteiger partial charge in [-0.15, -0.1) is 0 Å². The number of hydrogen-bond donors (Lipinski definition) is 4. The smallest absolute Gasteiger partial charge is 0.320 e. The average molecular weight is 2100 g/mol. The van der Waals surface area contributed by atoms with Crippen molar-refractivity contribution in [1.82, 2.24) is 49.8 Å². The van der Waals surface area contributed by atoms with Crippen LogP contribution in [0.2, 0.25) is 30.4 Å². The summed E-state index contributed by atoms with van der Waals surface area (Å²) in [7, 11) is 6.51. The monoisotopic (exact) mass is 2090 g/mol. The number of fused-ring (bicyclic) bond motifs is 7. The van der Waals surface area contributed by atoms with Crippen LogP contribution in [-0.4, -0.2) is 180 Å². The molecule has 0 saturated heterocycles. The third kappa shape index (κ3) is 27.2. The summed E-state index contributed by atoms with van der Waals surface area (Å²) in [5.74, 6) is 3.13. The van der Waals surface area contributed by atoms with E-state index < -0.39 is 5.97 Å². The summed E-state index contributed by atoms with van der Waals surface area (Å²) in [6.07, 6.45) is 6.03. The molecule has 0 aliphatic carbocycles. The number of carbonyl (C=O) groups excluding carboxylic acids is 3. The summed E-state index contributed by atoms with van der Waals surface area (Å²) in [5, 5.41) is 15.8. The van der Waals surface area contributed by atoms with Gasteiger partial charge in [0.2, 0.25) is 0 Å². The van der Waals surface area contributed by atoms with Crippen LogP contribution in [0.15, 0.2) is 215 Å². The number of carboxylic acid groups (broad SMARTS) is 1. The van der Waals surface area contributed by atoms with Gasteiger partial charge in [0, 0.05) is 115 Å². The number of carbonyl (C=O) groups is 4. The molecule has 19 rings (SSSR count). The normalized spacial score (nSPS) is 14.4. The number of nitrogen functional groups attached to an aromatic ring is 1. The van der Waals surface area contributed by atoms with E-state index in [0.29, 0.717) is 99.9 Å². The molecule has 5 N–H and O–H groups in total. The van der Waals surface area contributed by atoms with Crippen LogP contribution in [0.5, 0.6) is 23.0 Å². The molecule has 22 nitrogen and oxygen atoms in total. The van der Waals surface area contributed by atoms with Crippen LogP contribution in [0.3, 0.4) is 0 Å². The highest BCUT2D eigenvalue weighted by Gasteiger charge is 2.29. The minimum Gasteiger partial charge on any atom is -0.497 e. The standard InChI is InChI=1S/C24H23Cl2N3O2.C23H20Cl2N4O.C20H22ClNO3.C18H18ClNO3.C13H16BrNO2.C9H10BrN/c1-31-18-6-7-20(22(25)12-18)19-4-2-3-15-9-10-29(14-21(15)19)13-17(30)11-16-5-8-23(26)28-24(16)27;1-30-15-5-6-17(19(24)11-15)16-4-2-3-14-9-10-29(12-18(14)16)13-22-26-20-7-8-21(25)27-23(20)28-22;1-3-25-20(23)13-22-10-9-14-5-4-6-16(18(14)12-22)17-8-7-15(24-2)11-19(17)21;1-23-13-5-6-15(17(19)9-13)14-4-2-3-12-7-8-20(10-16(12)14)11-18(21)22;1-2-17-13(16)9-15-7-6-10-4-3-5-12(14)11(10)8-15;10-9-3-1-2-7-4-5-11-6-8(7)9/h2-8,12H,9-11,13-14H2,1H3,(H2,27,28);2-8,11H,9-10,12-13H2,1H3,(H,26,27,28);4-8,11H,3,9-10,12-13H2,1-2H3;2-6,9H,7-8,10-11H2,1H3,(H,21,22);3-5H,2,6-9H2,1H3;1-3,11H,4-6H2. The highest BCUT2D eigenvalue weighted by atomic mass is 79.9. The van der Waals surface area contributed by atoms with Gasteiger partial charge >= 0.3 is 17.9 Å². The first-order valence-electron chi connectivity index (χ1n) is 45.4. The number of ether oxygens (including phenoxy) is 6. The molecule has 137 heavy (non-hydrogen) atoms. The van der Waals surface area contributed by atoms with Crippen LogP contribution < -0.4 is 30.0 Å². The van der Waals surface area contributed by atoms with Crippen LogP contribution in [-0.2, 0) is 119 Å². The number of imidazole rings is 1. The third-order valence-electron chi connectivity index (χ3n) is 24.8. The van der Waals surface area contributed by atoms with E-state index in [2.05, 4.69) is 168 Å². The Labute approximate surface area is 846 Å². The van der Waals surface area contributed by atoms with Crippen molar-refractivity contribution < 1.29 is 52.7 Å². The molecule has 9 heterocycles. The van der Waals surface area contributed by atoms with Crippen molar-refractivity contribution >= 4 is 142 Å². The van der Waals surface area contributed by atoms with Crippen molar-refractivity contribution in [2.45, 2.75) is 105 Å². The number of esters is 2. The van der Waals surface area contributed by atoms with Crippen molar-refractivity contribution in [2.24, 2.45) is 0 Å². The first kappa shape index (κ1) is 102. The maximum atomic E-state index is 12.7. The van der Waals surface area contributed by atoms with E-state index in [1.165, 1.54) is 71.2 Å². The number of methoxy groups -OCH3 is 4. The number of Topliss-reactive ketones (excluding diaryl/α,β-unsaturated/α-hetero) is 1. The van der Waals surface area contributed by atoms with Crippen LogP contribution in [0.1, 0.15) is 92.0 Å². The number of rotatable bonds is 22. The number of nitrogens with zero attached hydrogens (tertiary/aromatic N) is 8. The molecule has 0 unspecified atom stereocenters. The number of aromatic amines is 1. The van der Waals surface area contributed by atoms with Gasteiger partial charge in [-0.2, -0.15) is 0 Å². The molecule has 6 aliphatic rings. The first-order valence-corrected chi connectivity index (χ1v) is 49.3. The molecule has 3 aromatic heterocycles. The number of H-pyrrole nitrogens is 1. The molecule has 0 amide bonds. The molecule has 6 aliphatic heterocycles. The Hall–Kier alpha value is -10.5. The number of pyridine rings is 2. The lowest BCUT2D eigenvalue weighted by Gasteiger charge is -2.30. The molecule has 0 saturated carbocycles. The van der Waals surface area contributed by atoms with Crippen molar-refractivity contribution in [3.63, 3.8) is 0 Å². The number of aliphatic carboxylic acids is 1. The SMILES string of the molecule is Brc1cccc2c1CNCC2.CCOC(=O)CN1CCc2cccc(-c3ccc(OC)cc3Cl)c2C1.CCOC(=O)CN1CCc2cccc(Br)c2C1.COc1ccc(-c2cccc3c2CN(CC(=O)Cc2ccc(Cl)nc2N)CC3)c(Cl)c1.COc1ccc(-c2cccc3c2CN(CC(=O)O)CC3)c(Cl)c1.COc1ccc(-c2cccc3c2CN(Cc2nc4nc(Cl)ccc4[nH]2)CC3)c(Cl)c1. The Morgan fingerprint density at radius 2 is 0.759 bits per heavy atom. The fourth-order valence-electron chi connectivity index (χ4n) is 18.0. The minimum atomic E-state index is -0.798. The van der Waals surface area contributed by atoms with Gasteiger partial charge in [-0.3, -0.25) is 43.7 Å². The molecule has 0 fully saturated rings. The summed E-state index contributed by atoms with van der Waals surface area (Å²) in [5.41, 5.74) is 32.2. The minimum absolute atomic E-state index is 0.0596. The van der Waals surface area contributed by atoms with Crippen molar-refractivity contribution in [3.05, 3.63) is 324 Å². The average Bonchev–Trinajstić information content (AvgIpc) is 1.25. The number of nitrogens with two attached hydrogens (primary N) is 1. The van der Waals surface area contributed by atoms with Gasteiger partial charge in [-0.1, -0.05) is 205 Å². The van der Waals surface area contributed by atoms with Gasteiger partial charge < -0.3 is 49.6 Å². The fourth-order valence-corrected chi connectivity index (χ4v) is 20.5. The van der Waals surface area contributed by atoms with E-state index in [1.807, 2.05) is 110 Å². The first-order chi connectivity index (χ1) is 66.3. The van der Waals surface area contributed by atoms with Gasteiger partial charge in [0.1, 0.15) is 44.9 Å². The van der Waals surface area contributed by atoms with E-state index >= 15 is 0 Å². The second kappa shape index (κ2) is 49.4. The lowest BCUT2D eigenvalue weighted by atomic mass is 9.91. The summed E-state index contributed by atoms with van der Waals surface area (Å²) >= 11 is 45.0. The van der Waals surface area contributed by atoms with Gasteiger partial charge in [0.05, 0.1) is 100.0 Å². The number of halogens is 8. The number of aromatic nitrogens is 4. The van der Waals surface area contributed by atoms with Crippen LogP contribution in [0.4, 0.5) is 5.82 Å². The molecule has 0 bridgehead atoms. The second-order valence-corrected chi connectivity index (χ2v) is 37.8. The highest BCUT2D eigenvalue weighted by Crippen LogP contribution is 2.43. The largest absolute Gasteiger partial charge is 0.497 e. The predicted molar refractivity (Wildman–Crippen MR) is 553 cm³/mol. The van der Waals surface area contributed by atoms with Gasteiger partial charge in [-0.05, 0) is 251 Å². The molecule has 0 atom stereocenters. The van der Waals surface area contributed by atoms with Crippen molar-refractivity contribution in [1.29, 1.82) is 0 Å². The molecule has 0 radical (unpaired) electrons. The summed E-state index contributed by atoms with van der Waals surface area (Å²) in [6, 6.07) is 67.9. The van der Waals surface area contributed by atoms with Crippen LogP contribution >= 0.6 is 101 Å². The maximum Gasteiger partial charge on any atom is 0.320 e. The molecule has 30 heteroatoms. The quantitative estimate of drug-likeness (QED) is 0.0363. The van der Waals surface area contributed by atoms with E-state index in [4.69, 9.17) is 109 Å². The zero-order valence-electron chi connectivity index (χ0n) is 77.2. The van der Waals surface area contributed by atoms with Gasteiger partial charge in [0.25, 0.3) is 0 Å².